The number of nitrogens with one attached hydrogen (secondary N) is 2. The van der Waals surface area contributed by atoms with E-state index in [1.807, 2.05) is 24.3 Å². The molecule has 2 aromatic heterocycles. The standard InChI is InChI=1S/C21H17N5O3/c1-28-19-11-14(8-9-18(19)29-20(27)15-5-4-10-22-13-15)12-23-26-21-24-16-6-2-3-7-17(16)25-21/h2-13H,1H3,(H2,24,25,26)/b23-12-. The normalized spacial score (nSPS) is 10.9. The van der Waals surface area contributed by atoms with E-state index in [1.165, 1.54) is 13.3 Å². The van der Waals surface area contributed by atoms with Gasteiger partial charge in [0.15, 0.2) is 11.5 Å². The summed E-state index contributed by atoms with van der Waals surface area (Å²) in [6.45, 7) is 0. The third kappa shape index (κ3) is 4.22. The number of H-pyrrole nitrogens is 1. The average Bonchev–Trinajstić information content (AvgIpc) is 3.18. The highest BCUT2D eigenvalue weighted by Gasteiger charge is 2.12. The molecule has 0 spiro atoms. The van der Waals surface area contributed by atoms with Crippen molar-refractivity contribution in [2.24, 2.45) is 5.10 Å². The first-order valence-corrected chi connectivity index (χ1v) is 8.77. The Morgan fingerprint density at radius 3 is 2.83 bits per heavy atom. The molecule has 0 unspecified atom stereocenters. The molecular weight excluding hydrogens is 370 g/mol. The Labute approximate surface area is 166 Å². The van der Waals surface area contributed by atoms with E-state index in [0.29, 0.717) is 23.0 Å². The number of methoxy groups -OCH3 is 1. The Kier molecular flexibility index (Phi) is 5.15. The van der Waals surface area contributed by atoms with Crippen molar-refractivity contribution in [3.8, 4) is 11.5 Å². The number of fused-ring (bicyclic) bond motifs is 1. The zero-order valence-corrected chi connectivity index (χ0v) is 15.5. The summed E-state index contributed by atoms with van der Waals surface area (Å²) < 4.78 is 10.7. The number of anilines is 1. The second-order valence-electron chi connectivity index (χ2n) is 6.01. The molecule has 144 valence electrons. The second-order valence-corrected chi connectivity index (χ2v) is 6.01. The average molecular weight is 387 g/mol. The van der Waals surface area contributed by atoms with Crippen LogP contribution in [0.2, 0.25) is 0 Å². The van der Waals surface area contributed by atoms with Crippen LogP contribution in [0.1, 0.15) is 15.9 Å². The fraction of sp³-hybridized carbons (Fsp3) is 0.0476. The zero-order chi connectivity index (χ0) is 20.1. The molecule has 0 aliphatic rings. The number of rotatable bonds is 6. The monoisotopic (exact) mass is 387 g/mol. The summed E-state index contributed by atoms with van der Waals surface area (Å²) in [5, 5.41) is 4.18. The SMILES string of the molecule is COc1cc(/C=N\Nc2nc3ccccc3[nH]2)ccc1OC(=O)c1cccnc1. The highest BCUT2D eigenvalue weighted by atomic mass is 16.6. The van der Waals surface area contributed by atoms with E-state index in [4.69, 9.17) is 9.47 Å². The van der Waals surface area contributed by atoms with Crippen molar-refractivity contribution >= 4 is 29.2 Å². The lowest BCUT2D eigenvalue weighted by Gasteiger charge is -2.09. The topological polar surface area (TPSA) is 101 Å². The van der Waals surface area contributed by atoms with Crippen LogP contribution in [0.15, 0.2) is 72.1 Å². The number of carbonyl (C=O) groups excluding carboxylic acids is 1. The minimum absolute atomic E-state index is 0.309. The summed E-state index contributed by atoms with van der Waals surface area (Å²) in [6.07, 6.45) is 4.65. The van der Waals surface area contributed by atoms with Crippen LogP contribution >= 0.6 is 0 Å². The number of aromatic nitrogens is 3. The lowest BCUT2D eigenvalue weighted by atomic mass is 10.2. The number of carbonyl (C=O) groups is 1. The summed E-state index contributed by atoms with van der Waals surface area (Å²) in [4.78, 5) is 23.6. The Morgan fingerprint density at radius 1 is 1.14 bits per heavy atom. The van der Waals surface area contributed by atoms with Gasteiger partial charge in [-0.1, -0.05) is 12.1 Å². The maximum atomic E-state index is 12.2. The van der Waals surface area contributed by atoms with Gasteiger partial charge in [-0.2, -0.15) is 5.10 Å². The molecule has 2 N–H and O–H groups in total. The molecular formula is C21H17N5O3. The minimum atomic E-state index is -0.510. The number of aromatic amines is 1. The number of hydrogen-bond donors (Lipinski definition) is 2. The van der Waals surface area contributed by atoms with Crippen LogP contribution < -0.4 is 14.9 Å². The number of para-hydroxylation sites is 2. The van der Waals surface area contributed by atoms with Crippen molar-refractivity contribution in [1.82, 2.24) is 15.0 Å². The van der Waals surface area contributed by atoms with Crippen LogP contribution in [0, 0.1) is 0 Å². The van der Waals surface area contributed by atoms with Crippen LogP contribution in [0.4, 0.5) is 5.95 Å². The third-order valence-electron chi connectivity index (χ3n) is 4.06. The first-order chi connectivity index (χ1) is 14.2. The molecule has 0 radical (unpaired) electrons. The Hall–Kier alpha value is -4.20. The predicted octanol–water partition coefficient (Wildman–Crippen LogP) is 3.63. The number of ether oxygens (including phenoxy) is 2. The van der Waals surface area contributed by atoms with Gasteiger partial charge in [-0.05, 0) is 48.0 Å². The van der Waals surface area contributed by atoms with E-state index in [9.17, 15) is 4.79 Å². The summed E-state index contributed by atoms with van der Waals surface area (Å²) in [5.74, 6) is 0.750. The molecule has 0 atom stereocenters. The smallest absolute Gasteiger partial charge is 0.345 e. The van der Waals surface area contributed by atoms with Gasteiger partial charge in [0, 0.05) is 12.4 Å². The molecule has 0 bridgehead atoms. The van der Waals surface area contributed by atoms with Gasteiger partial charge in [-0.15, -0.1) is 0 Å². The molecule has 4 aromatic rings. The van der Waals surface area contributed by atoms with Crippen LogP contribution in [0.5, 0.6) is 11.5 Å². The number of pyridine rings is 1. The van der Waals surface area contributed by atoms with Gasteiger partial charge in [-0.3, -0.25) is 4.98 Å². The lowest BCUT2D eigenvalue weighted by molar-refractivity contribution is 0.0729. The Bertz CT molecular complexity index is 1140. The van der Waals surface area contributed by atoms with Gasteiger partial charge < -0.3 is 14.5 Å². The first kappa shape index (κ1) is 18.2. The van der Waals surface area contributed by atoms with Gasteiger partial charge in [0.05, 0.1) is 29.9 Å². The van der Waals surface area contributed by atoms with E-state index in [2.05, 4.69) is 25.5 Å². The number of nitrogens with zero attached hydrogens (tertiary/aromatic N) is 3. The van der Waals surface area contributed by atoms with E-state index in [-0.39, 0.29) is 0 Å². The molecule has 29 heavy (non-hydrogen) atoms. The fourth-order valence-corrected chi connectivity index (χ4v) is 2.66. The summed E-state index contributed by atoms with van der Waals surface area (Å²) in [7, 11) is 1.50. The fourth-order valence-electron chi connectivity index (χ4n) is 2.66. The Morgan fingerprint density at radius 2 is 2.03 bits per heavy atom. The molecule has 0 amide bonds. The number of esters is 1. The summed E-state index contributed by atoms with van der Waals surface area (Å²) in [5.41, 5.74) is 5.75. The molecule has 2 aromatic carbocycles. The highest BCUT2D eigenvalue weighted by molar-refractivity contribution is 5.91. The minimum Gasteiger partial charge on any atom is -0.493 e. The van der Waals surface area contributed by atoms with Crippen molar-refractivity contribution in [3.63, 3.8) is 0 Å². The maximum absolute atomic E-state index is 12.2. The molecule has 0 fully saturated rings. The van der Waals surface area contributed by atoms with Crippen LogP contribution in [-0.4, -0.2) is 34.2 Å². The quantitative estimate of drug-likeness (QED) is 0.227. The van der Waals surface area contributed by atoms with Crippen molar-refractivity contribution < 1.29 is 14.3 Å². The maximum Gasteiger partial charge on any atom is 0.345 e. The number of hydrazone groups is 1. The van der Waals surface area contributed by atoms with E-state index in [0.717, 1.165) is 16.6 Å². The van der Waals surface area contributed by atoms with Crippen molar-refractivity contribution in [1.29, 1.82) is 0 Å². The van der Waals surface area contributed by atoms with E-state index < -0.39 is 5.97 Å². The molecule has 0 aliphatic heterocycles. The lowest BCUT2D eigenvalue weighted by Crippen LogP contribution is -2.09. The molecule has 8 nitrogen and oxygen atoms in total. The number of imidazole rings is 1. The predicted molar refractivity (Wildman–Crippen MR) is 109 cm³/mol. The molecule has 2 heterocycles. The highest BCUT2D eigenvalue weighted by Crippen LogP contribution is 2.28. The molecule has 0 saturated heterocycles. The third-order valence-corrected chi connectivity index (χ3v) is 4.06. The van der Waals surface area contributed by atoms with E-state index >= 15 is 0 Å². The number of benzene rings is 2. The van der Waals surface area contributed by atoms with Gasteiger partial charge >= 0.3 is 5.97 Å². The first-order valence-electron chi connectivity index (χ1n) is 8.77. The summed E-state index contributed by atoms with van der Waals surface area (Å²) >= 11 is 0. The van der Waals surface area contributed by atoms with Crippen LogP contribution in [-0.2, 0) is 0 Å². The van der Waals surface area contributed by atoms with Crippen LogP contribution in [0.25, 0.3) is 11.0 Å². The van der Waals surface area contributed by atoms with Crippen molar-refractivity contribution in [2.45, 2.75) is 0 Å². The zero-order valence-electron chi connectivity index (χ0n) is 15.5. The largest absolute Gasteiger partial charge is 0.493 e. The van der Waals surface area contributed by atoms with Gasteiger partial charge in [-0.25, -0.2) is 15.2 Å². The van der Waals surface area contributed by atoms with Crippen LogP contribution in [0.3, 0.4) is 0 Å². The van der Waals surface area contributed by atoms with Crippen molar-refractivity contribution in [2.75, 3.05) is 12.5 Å². The Balaban J connectivity index is 1.45. The number of hydrogen-bond acceptors (Lipinski definition) is 7. The molecule has 0 aliphatic carbocycles. The van der Waals surface area contributed by atoms with E-state index in [1.54, 1.807) is 42.7 Å². The van der Waals surface area contributed by atoms with Gasteiger partial charge in [0.25, 0.3) is 0 Å². The van der Waals surface area contributed by atoms with Gasteiger partial charge in [0.2, 0.25) is 5.95 Å². The second kappa shape index (κ2) is 8.22. The molecule has 8 heteroatoms. The molecule has 0 saturated carbocycles. The van der Waals surface area contributed by atoms with Crippen molar-refractivity contribution in [3.05, 3.63) is 78.1 Å². The molecule has 4 rings (SSSR count). The summed E-state index contributed by atoms with van der Waals surface area (Å²) in [6, 6.07) is 16.1. The van der Waals surface area contributed by atoms with Gasteiger partial charge in [0.1, 0.15) is 0 Å².